The number of alkyl halides is 1. The summed E-state index contributed by atoms with van der Waals surface area (Å²) in [4.78, 5) is 0. The molecule has 3 heteroatoms. The lowest BCUT2D eigenvalue weighted by Crippen LogP contribution is -2.34. The molecule has 0 radical (unpaired) electrons. The number of hydrogen-bond donors (Lipinski definition) is 0. The molecule has 0 atom stereocenters. The van der Waals surface area contributed by atoms with Crippen molar-refractivity contribution in [3.05, 3.63) is 71.8 Å². The first-order valence-corrected chi connectivity index (χ1v) is 7.32. The van der Waals surface area contributed by atoms with Crippen molar-refractivity contribution in [2.75, 3.05) is 19.0 Å². The van der Waals surface area contributed by atoms with E-state index in [4.69, 9.17) is 9.47 Å². The van der Waals surface area contributed by atoms with Crippen LogP contribution in [0.2, 0.25) is 0 Å². The van der Waals surface area contributed by atoms with Crippen LogP contribution in [-0.2, 0) is 15.3 Å². The Kier molecular flexibility index (Phi) is 5.14. The maximum Gasteiger partial charge on any atom is 0.222 e. The van der Waals surface area contributed by atoms with Gasteiger partial charge in [0.05, 0.1) is 6.61 Å². The van der Waals surface area contributed by atoms with Gasteiger partial charge in [0.25, 0.3) is 0 Å². The van der Waals surface area contributed by atoms with E-state index in [9.17, 15) is 0 Å². The number of rotatable bonds is 6. The Bertz CT molecular complexity index is 445. The van der Waals surface area contributed by atoms with Crippen LogP contribution in [0.25, 0.3) is 0 Å². The summed E-state index contributed by atoms with van der Waals surface area (Å²) in [7, 11) is 1.67. The van der Waals surface area contributed by atoms with Gasteiger partial charge < -0.3 is 9.47 Å². The first-order chi connectivity index (χ1) is 9.33. The first-order valence-electron chi connectivity index (χ1n) is 6.19. The highest BCUT2D eigenvalue weighted by Crippen LogP contribution is 2.34. The van der Waals surface area contributed by atoms with Gasteiger partial charge in [-0.05, 0) is 0 Å². The Morgan fingerprint density at radius 1 is 0.895 bits per heavy atom. The van der Waals surface area contributed by atoms with E-state index >= 15 is 0 Å². The van der Waals surface area contributed by atoms with Crippen molar-refractivity contribution < 1.29 is 9.47 Å². The normalized spacial score (nSPS) is 11.5. The number of halogens is 1. The fourth-order valence-electron chi connectivity index (χ4n) is 2.13. The van der Waals surface area contributed by atoms with Gasteiger partial charge in [-0.2, -0.15) is 0 Å². The van der Waals surface area contributed by atoms with E-state index in [1.165, 1.54) is 0 Å². The average Bonchev–Trinajstić information content (AvgIpc) is 2.51. The van der Waals surface area contributed by atoms with Gasteiger partial charge in [-0.3, -0.25) is 0 Å². The zero-order valence-corrected chi connectivity index (χ0v) is 12.5. The molecule has 2 aromatic carbocycles. The van der Waals surface area contributed by atoms with Crippen LogP contribution in [-0.4, -0.2) is 19.0 Å². The predicted octanol–water partition coefficient (Wildman–Crippen LogP) is 3.95. The van der Waals surface area contributed by atoms with Crippen LogP contribution in [0.1, 0.15) is 11.1 Å². The Labute approximate surface area is 122 Å². The minimum absolute atomic E-state index is 0.567. The van der Waals surface area contributed by atoms with E-state index in [-0.39, 0.29) is 0 Å². The molecule has 0 N–H and O–H groups in total. The molecule has 0 amide bonds. The molecular weight excluding hydrogens is 304 g/mol. The third kappa shape index (κ3) is 3.06. The fraction of sp³-hybridized carbons (Fsp3) is 0.250. The van der Waals surface area contributed by atoms with Gasteiger partial charge in [-0.15, -0.1) is 0 Å². The van der Waals surface area contributed by atoms with Crippen molar-refractivity contribution in [3.8, 4) is 0 Å². The van der Waals surface area contributed by atoms with Gasteiger partial charge in [0.1, 0.15) is 0 Å². The largest absolute Gasteiger partial charge is 0.346 e. The Balaban J connectivity index is 2.48. The standard InChI is InChI=1S/C16H17BrO2/c1-18-16(19-13-12-17,14-8-4-2-5-9-14)15-10-6-3-7-11-15/h2-11H,12-13H2,1H3. The monoisotopic (exact) mass is 320 g/mol. The molecule has 0 aromatic heterocycles. The SMILES string of the molecule is COC(OCCBr)(c1ccccc1)c1ccccc1. The number of ether oxygens (including phenoxy) is 2. The molecule has 0 aliphatic rings. The van der Waals surface area contributed by atoms with E-state index in [1.54, 1.807) is 7.11 Å². The van der Waals surface area contributed by atoms with E-state index in [1.807, 2.05) is 60.7 Å². The zero-order chi connectivity index (χ0) is 13.6. The summed E-state index contributed by atoms with van der Waals surface area (Å²) in [6, 6.07) is 20.0. The highest BCUT2D eigenvalue weighted by Gasteiger charge is 2.35. The highest BCUT2D eigenvalue weighted by atomic mass is 79.9. The molecular formula is C16H17BrO2. The van der Waals surface area contributed by atoms with Crippen LogP contribution in [0.5, 0.6) is 0 Å². The summed E-state index contributed by atoms with van der Waals surface area (Å²) in [6.07, 6.45) is 0. The lowest BCUT2D eigenvalue weighted by atomic mass is 9.97. The molecule has 2 aromatic rings. The van der Waals surface area contributed by atoms with Crippen LogP contribution < -0.4 is 0 Å². The summed E-state index contributed by atoms with van der Waals surface area (Å²) < 4.78 is 11.8. The van der Waals surface area contributed by atoms with Crippen molar-refractivity contribution >= 4 is 15.9 Å². The zero-order valence-electron chi connectivity index (χ0n) is 10.9. The fourth-order valence-corrected chi connectivity index (χ4v) is 2.29. The molecule has 100 valence electrons. The van der Waals surface area contributed by atoms with Gasteiger partial charge >= 0.3 is 0 Å². The summed E-state index contributed by atoms with van der Waals surface area (Å²) in [5.74, 6) is -0.851. The van der Waals surface area contributed by atoms with E-state index < -0.39 is 5.79 Å². The van der Waals surface area contributed by atoms with E-state index in [0.717, 1.165) is 16.5 Å². The van der Waals surface area contributed by atoms with Crippen LogP contribution >= 0.6 is 15.9 Å². The van der Waals surface area contributed by atoms with Crippen molar-refractivity contribution in [2.24, 2.45) is 0 Å². The van der Waals surface area contributed by atoms with Gasteiger partial charge in [0.2, 0.25) is 5.79 Å². The molecule has 0 bridgehead atoms. The van der Waals surface area contributed by atoms with Crippen molar-refractivity contribution in [2.45, 2.75) is 5.79 Å². The smallest absolute Gasteiger partial charge is 0.222 e. The maximum atomic E-state index is 6.03. The Morgan fingerprint density at radius 3 is 1.74 bits per heavy atom. The van der Waals surface area contributed by atoms with E-state index in [0.29, 0.717) is 6.61 Å². The maximum absolute atomic E-state index is 6.03. The Hall–Kier alpha value is -1.16. The molecule has 0 fully saturated rings. The lowest BCUT2D eigenvalue weighted by molar-refractivity contribution is -0.198. The van der Waals surface area contributed by atoms with Gasteiger partial charge in [-0.25, -0.2) is 0 Å². The van der Waals surface area contributed by atoms with Crippen LogP contribution in [0.3, 0.4) is 0 Å². The predicted molar refractivity (Wildman–Crippen MR) is 80.4 cm³/mol. The molecule has 0 saturated carbocycles. The third-order valence-electron chi connectivity index (χ3n) is 2.98. The highest BCUT2D eigenvalue weighted by molar-refractivity contribution is 9.09. The van der Waals surface area contributed by atoms with Gasteiger partial charge in [-0.1, -0.05) is 76.6 Å². The minimum atomic E-state index is -0.851. The second kappa shape index (κ2) is 6.85. The summed E-state index contributed by atoms with van der Waals surface area (Å²) in [6.45, 7) is 0.567. The van der Waals surface area contributed by atoms with E-state index in [2.05, 4.69) is 15.9 Å². The lowest BCUT2D eigenvalue weighted by Gasteiger charge is -2.33. The second-order valence-electron chi connectivity index (χ2n) is 4.09. The molecule has 0 spiro atoms. The summed E-state index contributed by atoms with van der Waals surface area (Å²) >= 11 is 3.40. The van der Waals surface area contributed by atoms with Crippen molar-refractivity contribution in [1.82, 2.24) is 0 Å². The number of hydrogen-bond acceptors (Lipinski definition) is 2. The third-order valence-corrected chi connectivity index (χ3v) is 3.30. The Morgan fingerprint density at radius 2 is 1.37 bits per heavy atom. The molecule has 19 heavy (non-hydrogen) atoms. The van der Waals surface area contributed by atoms with Gasteiger partial charge in [0.15, 0.2) is 0 Å². The summed E-state index contributed by atoms with van der Waals surface area (Å²) in [5, 5.41) is 0.762. The minimum Gasteiger partial charge on any atom is -0.346 e. The first kappa shape index (κ1) is 14.3. The molecule has 0 heterocycles. The summed E-state index contributed by atoms with van der Waals surface area (Å²) in [5.41, 5.74) is 1.98. The quantitative estimate of drug-likeness (QED) is 0.592. The van der Waals surface area contributed by atoms with Gasteiger partial charge in [0, 0.05) is 23.6 Å². The average molecular weight is 321 g/mol. The second-order valence-corrected chi connectivity index (χ2v) is 4.88. The molecule has 2 nitrogen and oxygen atoms in total. The van der Waals surface area contributed by atoms with Crippen LogP contribution in [0.4, 0.5) is 0 Å². The molecule has 0 unspecified atom stereocenters. The van der Waals surface area contributed by atoms with Crippen molar-refractivity contribution in [3.63, 3.8) is 0 Å². The van der Waals surface area contributed by atoms with Crippen LogP contribution in [0.15, 0.2) is 60.7 Å². The van der Waals surface area contributed by atoms with Crippen LogP contribution in [0, 0.1) is 0 Å². The molecule has 0 saturated heterocycles. The number of benzene rings is 2. The topological polar surface area (TPSA) is 18.5 Å². The molecule has 0 aliphatic heterocycles. The number of methoxy groups -OCH3 is 1. The molecule has 2 rings (SSSR count). The molecule has 0 aliphatic carbocycles. The van der Waals surface area contributed by atoms with Crippen molar-refractivity contribution in [1.29, 1.82) is 0 Å².